The second kappa shape index (κ2) is 10.4. The van der Waals surface area contributed by atoms with Crippen molar-refractivity contribution in [2.75, 3.05) is 32.1 Å². The Morgan fingerprint density at radius 1 is 0.943 bits per heavy atom. The summed E-state index contributed by atoms with van der Waals surface area (Å²) in [4.78, 5) is 7.32. The number of nitrogens with one attached hydrogen (secondary N) is 1. The van der Waals surface area contributed by atoms with Crippen LogP contribution in [0.25, 0.3) is 11.0 Å². The van der Waals surface area contributed by atoms with Crippen LogP contribution < -0.4 is 10.1 Å². The minimum atomic E-state index is -0.832. The highest BCUT2D eigenvalue weighted by Crippen LogP contribution is 2.24. The summed E-state index contributed by atoms with van der Waals surface area (Å²) in [6, 6.07) is 20.6. The van der Waals surface area contributed by atoms with Crippen LogP contribution in [0.15, 0.2) is 66.7 Å². The Kier molecular flexibility index (Phi) is 6.95. The van der Waals surface area contributed by atoms with Crippen molar-refractivity contribution in [3.8, 4) is 5.75 Å². The van der Waals surface area contributed by atoms with Crippen LogP contribution in [0.4, 0.5) is 14.7 Å². The Morgan fingerprint density at radius 3 is 2.43 bits per heavy atom. The lowest BCUT2D eigenvalue weighted by molar-refractivity contribution is 0.221. The van der Waals surface area contributed by atoms with E-state index in [0.29, 0.717) is 18.2 Å². The molecule has 0 atom stereocenters. The molecule has 0 radical (unpaired) electrons. The molecule has 0 amide bonds. The number of piperidine rings is 1. The van der Waals surface area contributed by atoms with Crippen LogP contribution in [-0.2, 0) is 13.0 Å². The van der Waals surface area contributed by atoms with Gasteiger partial charge in [0.05, 0.1) is 24.7 Å². The number of fused-ring (bicyclic) bond motifs is 1. The fraction of sp³-hybridized carbons (Fsp3) is 0.321. The first-order valence-corrected chi connectivity index (χ1v) is 12.1. The number of likely N-dealkylation sites (tertiary alicyclic amines) is 1. The molecule has 1 fully saturated rings. The number of rotatable bonds is 8. The molecule has 3 aromatic carbocycles. The molecular weight excluding hydrogens is 446 g/mol. The minimum absolute atomic E-state index is 0.313. The third-order valence-electron chi connectivity index (χ3n) is 6.78. The van der Waals surface area contributed by atoms with Crippen molar-refractivity contribution in [2.45, 2.75) is 31.8 Å². The number of aromatic nitrogens is 2. The molecule has 1 aromatic heterocycles. The number of halogens is 2. The topological polar surface area (TPSA) is 42.3 Å². The summed E-state index contributed by atoms with van der Waals surface area (Å²) < 4.78 is 34.5. The van der Waals surface area contributed by atoms with Gasteiger partial charge in [0, 0.05) is 25.7 Å². The Morgan fingerprint density at radius 2 is 1.69 bits per heavy atom. The molecule has 0 bridgehead atoms. The van der Waals surface area contributed by atoms with Crippen molar-refractivity contribution in [3.05, 3.63) is 89.5 Å². The molecule has 7 heteroatoms. The van der Waals surface area contributed by atoms with Gasteiger partial charge in [0.15, 0.2) is 11.6 Å². The van der Waals surface area contributed by atoms with Crippen LogP contribution in [0.5, 0.6) is 5.75 Å². The minimum Gasteiger partial charge on any atom is -0.497 e. The molecule has 1 saturated heterocycles. The first-order valence-electron chi connectivity index (χ1n) is 12.1. The Labute approximate surface area is 204 Å². The van der Waals surface area contributed by atoms with Gasteiger partial charge in [-0.05, 0) is 66.8 Å². The van der Waals surface area contributed by atoms with E-state index >= 15 is 0 Å². The monoisotopic (exact) mass is 476 g/mol. The van der Waals surface area contributed by atoms with Crippen molar-refractivity contribution < 1.29 is 13.5 Å². The van der Waals surface area contributed by atoms with E-state index in [-0.39, 0.29) is 0 Å². The highest BCUT2D eigenvalue weighted by atomic mass is 19.2. The summed E-state index contributed by atoms with van der Waals surface area (Å²) in [5, 5.41) is 3.64. The van der Waals surface area contributed by atoms with Gasteiger partial charge in [-0.25, -0.2) is 13.8 Å². The smallest absolute Gasteiger partial charge is 0.204 e. The molecule has 35 heavy (non-hydrogen) atoms. The highest BCUT2D eigenvalue weighted by molar-refractivity contribution is 5.78. The van der Waals surface area contributed by atoms with E-state index in [9.17, 15) is 8.78 Å². The number of anilines is 1. The van der Waals surface area contributed by atoms with Crippen molar-refractivity contribution in [2.24, 2.45) is 0 Å². The van der Waals surface area contributed by atoms with Gasteiger partial charge < -0.3 is 19.5 Å². The van der Waals surface area contributed by atoms with Gasteiger partial charge in [-0.1, -0.05) is 30.3 Å². The summed E-state index contributed by atoms with van der Waals surface area (Å²) in [5.74, 6) is -0.00591. The molecule has 1 aliphatic heterocycles. The van der Waals surface area contributed by atoms with E-state index in [2.05, 4.69) is 26.9 Å². The zero-order valence-corrected chi connectivity index (χ0v) is 19.9. The van der Waals surface area contributed by atoms with Gasteiger partial charge in [-0.2, -0.15) is 0 Å². The van der Waals surface area contributed by atoms with Crippen LogP contribution in [0.1, 0.15) is 24.0 Å². The maximum absolute atomic E-state index is 13.8. The molecule has 0 saturated carbocycles. The van der Waals surface area contributed by atoms with Crippen LogP contribution in [0.3, 0.4) is 0 Å². The number of nitrogens with zero attached hydrogens (tertiary/aromatic N) is 3. The van der Waals surface area contributed by atoms with Crippen LogP contribution in [-0.4, -0.2) is 47.2 Å². The van der Waals surface area contributed by atoms with Gasteiger partial charge in [0.2, 0.25) is 5.95 Å². The SMILES string of the molecule is COc1ccc(CCN2CCC(Nc3nc4ccccc4n3Cc3ccc(F)c(F)c3)CC2)cc1. The first-order chi connectivity index (χ1) is 17.1. The average molecular weight is 477 g/mol. The summed E-state index contributed by atoms with van der Waals surface area (Å²) >= 11 is 0. The van der Waals surface area contributed by atoms with E-state index in [0.717, 1.165) is 61.6 Å². The molecular formula is C28H30F2N4O. The van der Waals surface area contributed by atoms with Crippen molar-refractivity contribution in [3.63, 3.8) is 0 Å². The predicted octanol–water partition coefficient (Wildman–Crippen LogP) is 5.49. The number of hydrogen-bond acceptors (Lipinski definition) is 4. The van der Waals surface area contributed by atoms with E-state index in [1.807, 2.05) is 36.4 Å². The van der Waals surface area contributed by atoms with Crippen LogP contribution in [0.2, 0.25) is 0 Å². The maximum Gasteiger partial charge on any atom is 0.204 e. The van der Waals surface area contributed by atoms with Gasteiger partial charge in [-0.3, -0.25) is 0 Å². The first kappa shape index (κ1) is 23.3. The molecule has 5 nitrogen and oxygen atoms in total. The maximum atomic E-state index is 13.8. The lowest BCUT2D eigenvalue weighted by atomic mass is 10.0. The Balaban J connectivity index is 1.22. The molecule has 0 unspecified atom stereocenters. The molecule has 1 N–H and O–H groups in total. The largest absolute Gasteiger partial charge is 0.497 e. The zero-order valence-electron chi connectivity index (χ0n) is 19.9. The van der Waals surface area contributed by atoms with E-state index in [1.165, 1.54) is 17.7 Å². The fourth-order valence-electron chi connectivity index (χ4n) is 4.73. The molecule has 5 rings (SSSR count). The Hall–Kier alpha value is -3.45. The third kappa shape index (κ3) is 5.46. The van der Waals surface area contributed by atoms with Crippen molar-refractivity contribution in [1.29, 1.82) is 0 Å². The second-order valence-electron chi connectivity index (χ2n) is 9.12. The number of imidazole rings is 1. The number of benzene rings is 3. The predicted molar refractivity (Wildman–Crippen MR) is 135 cm³/mol. The van der Waals surface area contributed by atoms with E-state index in [1.54, 1.807) is 13.2 Å². The normalized spacial score (nSPS) is 14.9. The van der Waals surface area contributed by atoms with Gasteiger partial charge >= 0.3 is 0 Å². The summed E-state index contributed by atoms with van der Waals surface area (Å²) in [6.07, 6.45) is 3.07. The molecule has 0 spiro atoms. The number of hydrogen-bond donors (Lipinski definition) is 1. The molecule has 2 heterocycles. The van der Waals surface area contributed by atoms with Crippen molar-refractivity contribution in [1.82, 2.24) is 14.5 Å². The van der Waals surface area contributed by atoms with Crippen LogP contribution >= 0.6 is 0 Å². The summed E-state index contributed by atoms with van der Waals surface area (Å²) in [7, 11) is 1.69. The standard InChI is InChI=1S/C28H30F2N4O/c1-35-23-9-6-20(7-10-23)12-15-33-16-13-22(14-17-33)31-28-32-26-4-2-3-5-27(26)34(28)19-21-8-11-24(29)25(30)18-21/h2-11,18,22H,12-17,19H2,1H3,(H,31,32). The summed E-state index contributed by atoms with van der Waals surface area (Å²) in [5.41, 5.74) is 3.87. The van der Waals surface area contributed by atoms with Gasteiger partial charge in [0.1, 0.15) is 5.75 Å². The lowest BCUT2D eigenvalue weighted by Crippen LogP contribution is -2.40. The van der Waals surface area contributed by atoms with Crippen molar-refractivity contribution >= 4 is 17.0 Å². The fourth-order valence-corrected chi connectivity index (χ4v) is 4.73. The van der Waals surface area contributed by atoms with E-state index < -0.39 is 11.6 Å². The number of para-hydroxylation sites is 2. The number of methoxy groups -OCH3 is 1. The van der Waals surface area contributed by atoms with Gasteiger partial charge in [-0.15, -0.1) is 0 Å². The number of ether oxygens (including phenoxy) is 1. The van der Waals surface area contributed by atoms with Gasteiger partial charge in [0.25, 0.3) is 0 Å². The molecule has 182 valence electrons. The van der Waals surface area contributed by atoms with E-state index in [4.69, 9.17) is 9.72 Å². The Bertz CT molecular complexity index is 1280. The lowest BCUT2D eigenvalue weighted by Gasteiger charge is -2.32. The quantitative estimate of drug-likeness (QED) is 0.365. The second-order valence-corrected chi connectivity index (χ2v) is 9.12. The molecule has 4 aromatic rings. The highest BCUT2D eigenvalue weighted by Gasteiger charge is 2.21. The van der Waals surface area contributed by atoms with Crippen LogP contribution in [0, 0.1) is 11.6 Å². The summed E-state index contributed by atoms with van der Waals surface area (Å²) in [6.45, 7) is 3.50. The molecule has 0 aliphatic carbocycles. The zero-order chi connectivity index (χ0) is 24.2. The average Bonchev–Trinajstić information content (AvgIpc) is 3.23. The molecule has 1 aliphatic rings. The third-order valence-corrected chi connectivity index (χ3v) is 6.78.